The second-order valence-corrected chi connectivity index (χ2v) is 29.2. The second kappa shape index (κ2) is 32.7. The molecule has 0 bridgehead atoms. The van der Waals surface area contributed by atoms with Crippen LogP contribution in [-0.4, -0.2) is 120 Å². The van der Waals surface area contributed by atoms with Crippen LogP contribution in [0, 0.1) is 0 Å². The molecule has 6 aromatic rings. The molecule has 94 heavy (non-hydrogen) atoms. The Morgan fingerprint density at radius 2 is 1.35 bits per heavy atom. The second-order valence-electron chi connectivity index (χ2n) is 23.4. The maximum Gasteiger partial charge on any atom is 1.00 e. The fourth-order valence-corrected chi connectivity index (χ4v) is 13.9. The molecule has 0 saturated carbocycles. The SMILES string of the molecule is CC1(C)C(/C=C/C2=C(Oc3ccc(CC(NC(=O)c4ccc(CCc5c[nH]c6nc(N)[nH]c(=O)c56)cc4)C(=O)[O-])cc3)C(=C/C=C3/N(CCCCS(=O)(=O)[O-])c4ccc(S(=O)(=O)[O-])cc4C3(C)C)/CCC2)=[N+](CCCCS(=O)(=O)[O-])c2ccc(S(=O)(=O)[O-])cc21.[Na+].[Na+].[Na+].[Na+]. The summed E-state index contributed by atoms with van der Waals surface area (Å²) in [6, 6.07) is 19.7. The van der Waals surface area contributed by atoms with Crippen LogP contribution in [0.25, 0.3) is 11.0 Å². The number of anilines is 2. The average molecular weight is 1400 g/mol. The van der Waals surface area contributed by atoms with Crippen molar-refractivity contribution in [2.75, 3.05) is 35.2 Å². The summed E-state index contributed by atoms with van der Waals surface area (Å²) in [6.07, 6.45) is 11.9. The smallest absolute Gasteiger partial charge is 0.748 e. The Hall–Kier alpha value is -4.09. The Balaban J connectivity index is 0.00000400. The maximum atomic E-state index is 13.5. The van der Waals surface area contributed by atoms with Gasteiger partial charge in [-0.1, -0.05) is 44.2 Å². The van der Waals surface area contributed by atoms with Gasteiger partial charge in [-0.05, 0) is 172 Å². The molecule has 0 spiro atoms. The number of allylic oxidation sites excluding steroid dienone is 7. The number of carbonyl (C=O) groups excluding carboxylic acids is 2. The van der Waals surface area contributed by atoms with Crippen molar-refractivity contribution in [2.24, 2.45) is 0 Å². The van der Waals surface area contributed by atoms with E-state index in [0.29, 0.717) is 105 Å². The summed E-state index contributed by atoms with van der Waals surface area (Å²) in [4.78, 5) is 49.2. The van der Waals surface area contributed by atoms with Crippen molar-refractivity contribution < 1.29 is 194 Å². The minimum absolute atomic E-state index is 0. The van der Waals surface area contributed by atoms with Crippen molar-refractivity contribution in [2.45, 2.75) is 119 Å². The third-order valence-electron chi connectivity index (χ3n) is 16.4. The Morgan fingerprint density at radius 3 is 1.97 bits per heavy atom. The van der Waals surface area contributed by atoms with Gasteiger partial charge in [0.25, 0.3) is 11.5 Å². The number of rotatable bonds is 25. The molecule has 4 aromatic carbocycles. The molecule has 478 valence electrons. The quantitative estimate of drug-likeness (QED) is 0.0179. The number of aliphatic carboxylic acids is 1. The molecule has 0 radical (unpaired) electrons. The monoisotopic (exact) mass is 1400 g/mol. The van der Waals surface area contributed by atoms with Gasteiger partial charge in [0.15, 0.2) is 5.71 Å². The zero-order chi connectivity index (χ0) is 65.3. The number of unbranched alkanes of at least 4 members (excludes halogenated alkanes) is 2. The fourth-order valence-electron chi connectivity index (χ4n) is 11.8. The number of benzene rings is 4. The third-order valence-corrected chi connectivity index (χ3v) is 19.7. The zero-order valence-electron chi connectivity index (χ0n) is 53.4. The number of ether oxygens (including phenoxy) is 1. The number of carbonyl (C=O) groups is 2. The zero-order valence-corrected chi connectivity index (χ0v) is 64.7. The summed E-state index contributed by atoms with van der Waals surface area (Å²) in [5.74, 6) is -2.72. The van der Waals surface area contributed by atoms with E-state index in [2.05, 4.69) is 20.3 Å². The molecule has 2 aliphatic heterocycles. The van der Waals surface area contributed by atoms with Gasteiger partial charge >= 0.3 is 118 Å². The van der Waals surface area contributed by atoms with Crippen LogP contribution in [0.1, 0.15) is 111 Å². The molecule has 2 aromatic heterocycles. The standard InChI is InChI=1S/C62H69N7O17S4.4Na/c1-61(2)47-35-45(89(80,81)82)24-26-50(47)68(30-5-7-32-87(74,75)76)52(61)28-20-40-10-9-11-41(21-29-53-62(3,4)48-36-46(90(83,84)85)25-27-51(48)69(53)31-6-8-33-88(77,78)79)55(40)86-44-22-15-39(16-23-44)34-49(59(72)73)65-57(70)42-17-12-38(13-18-42)14-19-43-37-64-56-54(43)58(71)67-60(63)66-56;;;;/h12-13,15-18,20-29,35-37,49H,5-11,14,19,30-34H2,1-4H3,(H9-,63,64,65,66,67,70,71,72,73,74,75,76,77,78,79,80,81,82,83,84,85);;;;/q;4*+1/p-4. The number of hydrogen-bond acceptors (Lipinski definition) is 20. The number of nitrogens with one attached hydrogen (secondary N) is 3. The van der Waals surface area contributed by atoms with E-state index in [1.54, 1.807) is 54.7 Å². The van der Waals surface area contributed by atoms with E-state index in [1.165, 1.54) is 36.4 Å². The number of nitrogens with zero attached hydrogens (tertiary/aromatic N) is 3. The Morgan fingerprint density at radius 1 is 0.745 bits per heavy atom. The number of nitrogens with two attached hydrogens (primary N) is 1. The van der Waals surface area contributed by atoms with E-state index < -0.39 is 90.5 Å². The summed E-state index contributed by atoms with van der Waals surface area (Å²) < 4.78 is 152. The van der Waals surface area contributed by atoms with Crippen molar-refractivity contribution in [3.8, 4) is 5.75 Å². The van der Waals surface area contributed by atoms with Gasteiger partial charge < -0.3 is 53.8 Å². The van der Waals surface area contributed by atoms with Crippen molar-refractivity contribution >= 4 is 86.4 Å². The summed E-state index contributed by atoms with van der Waals surface area (Å²) in [5.41, 5.74) is 10.8. The molecule has 24 nitrogen and oxygen atoms in total. The first-order valence-electron chi connectivity index (χ1n) is 28.7. The van der Waals surface area contributed by atoms with Crippen LogP contribution in [0.2, 0.25) is 0 Å². The first kappa shape index (κ1) is 80.6. The van der Waals surface area contributed by atoms with Gasteiger partial charge in [-0.25, -0.2) is 33.7 Å². The van der Waals surface area contributed by atoms with Crippen LogP contribution in [0.15, 0.2) is 153 Å². The van der Waals surface area contributed by atoms with E-state index >= 15 is 0 Å². The van der Waals surface area contributed by atoms with Crippen molar-refractivity contribution in [1.82, 2.24) is 20.3 Å². The van der Waals surface area contributed by atoms with Crippen LogP contribution in [0.5, 0.6) is 5.75 Å². The van der Waals surface area contributed by atoms with E-state index in [0.717, 1.165) is 11.1 Å². The van der Waals surface area contributed by atoms with E-state index in [1.807, 2.05) is 61.5 Å². The van der Waals surface area contributed by atoms with Gasteiger partial charge in [-0.2, -0.15) is 9.56 Å². The molecule has 4 heterocycles. The van der Waals surface area contributed by atoms with Crippen molar-refractivity contribution in [1.29, 1.82) is 0 Å². The summed E-state index contributed by atoms with van der Waals surface area (Å²) in [5, 5.41) is 15.5. The number of hydrogen-bond donors (Lipinski definition) is 4. The molecule has 5 N–H and O–H groups in total. The number of carboxylic acids is 1. The Labute approximate surface area is 634 Å². The largest absolute Gasteiger partial charge is 1.00 e. The Kier molecular flexibility index (Phi) is 28.1. The molecular formula is C62H65N7Na4O17S4. The third kappa shape index (κ3) is 19.6. The first-order valence-corrected chi connectivity index (χ1v) is 34.7. The summed E-state index contributed by atoms with van der Waals surface area (Å²) in [6.45, 7) is 7.77. The van der Waals surface area contributed by atoms with Gasteiger partial charge in [0.1, 0.15) is 43.9 Å². The minimum atomic E-state index is -4.88. The topological polar surface area (TPSA) is 401 Å². The molecule has 0 saturated heterocycles. The van der Waals surface area contributed by atoms with Crippen LogP contribution < -0.4 is 150 Å². The number of aromatic amines is 2. The molecule has 0 fully saturated rings. The number of H-pyrrole nitrogens is 2. The Bertz CT molecular complexity index is 4550. The molecule has 1 aliphatic carbocycles. The predicted octanol–water partition coefficient (Wildman–Crippen LogP) is -6.76. The van der Waals surface area contributed by atoms with E-state index in [-0.39, 0.29) is 180 Å². The van der Waals surface area contributed by atoms with E-state index in [4.69, 9.17) is 10.5 Å². The van der Waals surface area contributed by atoms with Gasteiger partial charge in [-0.3, -0.25) is 14.6 Å². The molecule has 1 amide bonds. The van der Waals surface area contributed by atoms with Crippen LogP contribution in [0.4, 0.5) is 17.3 Å². The first-order chi connectivity index (χ1) is 42.2. The normalized spacial score (nSPS) is 16.4. The van der Waals surface area contributed by atoms with Gasteiger partial charge in [-0.15, -0.1) is 0 Å². The molecule has 1 atom stereocenters. The van der Waals surface area contributed by atoms with Crippen molar-refractivity contribution in [3.05, 3.63) is 182 Å². The molecule has 3 aliphatic rings. The number of fused-ring (bicyclic) bond motifs is 3. The molecular weight excluding hydrogens is 1330 g/mol. The summed E-state index contributed by atoms with van der Waals surface area (Å²) >= 11 is 0. The fraction of sp³-hybridized carbons (Fsp3) is 0.339. The average Bonchev–Trinajstić information content (AvgIpc) is 1.59. The molecule has 9 rings (SSSR count). The van der Waals surface area contributed by atoms with Gasteiger partial charge in [0.05, 0.1) is 52.8 Å². The van der Waals surface area contributed by atoms with Crippen LogP contribution in [0.3, 0.4) is 0 Å². The van der Waals surface area contributed by atoms with Gasteiger partial charge in [0.2, 0.25) is 11.6 Å². The number of nitrogen functional groups attached to an aromatic ring is 1. The van der Waals surface area contributed by atoms with Crippen LogP contribution in [-0.2, 0) is 75.4 Å². The number of aryl methyl sites for hydroxylation is 2. The summed E-state index contributed by atoms with van der Waals surface area (Å²) in [7, 11) is -18.8. The number of aromatic nitrogens is 3. The number of carboxylic acid groups (broad SMARTS) is 1. The molecule has 1 unspecified atom stereocenters. The van der Waals surface area contributed by atoms with Crippen molar-refractivity contribution in [3.63, 3.8) is 0 Å². The van der Waals surface area contributed by atoms with Crippen LogP contribution >= 0.6 is 0 Å². The van der Waals surface area contributed by atoms with Gasteiger partial charge in [0, 0.05) is 70.7 Å². The minimum Gasteiger partial charge on any atom is -0.748 e. The van der Waals surface area contributed by atoms with E-state index in [9.17, 15) is 71.4 Å². The predicted molar refractivity (Wildman–Crippen MR) is 328 cm³/mol. The maximum absolute atomic E-state index is 13.5. The molecule has 32 heteroatoms. The number of amides is 1.